The normalized spacial score (nSPS) is 12.7. The number of benzene rings is 1. The first-order valence-electron chi connectivity index (χ1n) is 11.9. The molecule has 3 N–H and O–H groups in total. The standard InChI is InChI=1S/C29H28FN7S/c1-6-19(14-31-7-2)25-12-23-28(17-33-25)36-37-29(23)26-11-22-24(15-32-16-27(22)35-26)20-8-18(9-21(30)10-20)13-34-38(3,4)5/h6-12,14-17,34-35H,2-4,13H2,1,5H3,(H,36,37)/b19-6+,31-14?. The molecule has 192 valence electrons. The van der Waals surface area contributed by atoms with Gasteiger partial charge in [-0.25, -0.2) is 4.39 Å². The van der Waals surface area contributed by atoms with Gasteiger partial charge in [0.15, 0.2) is 0 Å². The molecule has 1 aromatic carbocycles. The van der Waals surface area contributed by atoms with Crippen LogP contribution < -0.4 is 4.72 Å². The summed E-state index contributed by atoms with van der Waals surface area (Å²) in [7, 11) is -1.42. The van der Waals surface area contributed by atoms with E-state index in [-0.39, 0.29) is 5.82 Å². The quantitative estimate of drug-likeness (QED) is 0.165. The molecule has 0 saturated carbocycles. The highest BCUT2D eigenvalue weighted by atomic mass is 32.2. The van der Waals surface area contributed by atoms with Gasteiger partial charge in [0.05, 0.1) is 34.8 Å². The maximum absolute atomic E-state index is 14.6. The predicted octanol–water partition coefficient (Wildman–Crippen LogP) is 6.23. The third kappa shape index (κ3) is 5.20. The molecule has 38 heavy (non-hydrogen) atoms. The summed E-state index contributed by atoms with van der Waals surface area (Å²) in [4.78, 5) is 16.5. The average Bonchev–Trinajstić information content (AvgIpc) is 3.51. The van der Waals surface area contributed by atoms with Gasteiger partial charge in [-0.2, -0.15) is 14.5 Å². The number of rotatable bonds is 8. The van der Waals surface area contributed by atoms with E-state index in [1.165, 1.54) is 18.3 Å². The summed E-state index contributed by atoms with van der Waals surface area (Å²) in [6.45, 7) is 6.05. The second kappa shape index (κ2) is 10.2. The summed E-state index contributed by atoms with van der Waals surface area (Å²) in [6, 6.07) is 9.02. The highest BCUT2D eigenvalue weighted by Crippen LogP contribution is 2.34. The van der Waals surface area contributed by atoms with E-state index in [4.69, 9.17) is 0 Å². The number of nitrogens with one attached hydrogen (secondary N) is 3. The first-order valence-corrected chi connectivity index (χ1v) is 14.2. The van der Waals surface area contributed by atoms with Gasteiger partial charge in [0.2, 0.25) is 0 Å². The predicted molar refractivity (Wildman–Crippen MR) is 161 cm³/mol. The van der Waals surface area contributed by atoms with Crippen molar-refractivity contribution in [3.8, 4) is 22.5 Å². The Labute approximate surface area is 220 Å². The monoisotopic (exact) mass is 525 g/mol. The van der Waals surface area contributed by atoms with Gasteiger partial charge < -0.3 is 4.98 Å². The van der Waals surface area contributed by atoms with Crippen LogP contribution in [-0.4, -0.2) is 49.4 Å². The highest BCUT2D eigenvalue weighted by molar-refractivity contribution is 8.25. The maximum atomic E-state index is 14.6. The van der Waals surface area contributed by atoms with Gasteiger partial charge in [0, 0.05) is 47.1 Å². The number of allylic oxidation sites excluding steroid dienone is 2. The first-order chi connectivity index (χ1) is 18.3. The summed E-state index contributed by atoms with van der Waals surface area (Å²) in [6.07, 6.45) is 12.4. The third-order valence-corrected chi connectivity index (χ3v) is 6.91. The van der Waals surface area contributed by atoms with Gasteiger partial charge in [0.1, 0.15) is 11.5 Å². The van der Waals surface area contributed by atoms with Crippen molar-refractivity contribution in [1.82, 2.24) is 29.9 Å². The van der Waals surface area contributed by atoms with Gasteiger partial charge in [-0.1, -0.05) is 24.4 Å². The van der Waals surface area contributed by atoms with Crippen molar-refractivity contribution >= 4 is 54.7 Å². The van der Waals surface area contributed by atoms with E-state index in [0.29, 0.717) is 6.54 Å². The second-order valence-electron chi connectivity index (χ2n) is 9.17. The summed E-state index contributed by atoms with van der Waals surface area (Å²) in [5, 5.41) is 9.46. The number of aliphatic imine (C=N–C) groups is 1. The molecule has 0 aliphatic carbocycles. The van der Waals surface area contributed by atoms with Crippen LogP contribution in [0, 0.1) is 5.82 Å². The first kappa shape index (κ1) is 25.3. The molecule has 5 aromatic rings. The Morgan fingerprint density at radius 2 is 1.95 bits per heavy atom. The Kier molecular flexibility index (Phi) is 6.79. The largest absolute Gasteiger partial charge is 0.352 e. The zero-order chi connectivity index (χ0) is 26.9. The number of nitrogens with zero attached hydrogens (tertiary/aromatic N) is 4. The topological polar surface area (TPSA) is 94.6 Å². The molecule has 0 saturated heterocycles. The van der Waals surface area contributed by atoms with Crippen LogP contribution in [0.1, 0.15) is 18.2 Å². The number of aromatic nitrogens is 5. The molecule has 0 bridgehead atoms. The molecule has 0 fully saturated rings. The molecule has 4 heterocycles. The van der Waals surface area contributed by atoms with Crippen molar-refractivity contribution in [2.45, 2.75) is 13.5 Å². The van der Waals surface area contributed by atoms with Crippen LogP contribution in [-0.2, 0) is 6.54 Å². The van der Waals surface area contributed by atoms with Crippen LogP contribution in [0.3, 0.4) is 0 Å². The Bertz CT molecular complexity index is 1840. The number of aromatic amines is 2. The van der Waals surface area contributed by atoms with Gasteiger partial charge in [-0.3, -0.25) is 24.8 Å². The molecule has 4 aromatic heterocycles. The van der Waals surface area contributed by atoms with Crippen LogP contribution in [0.5, 0.6) is 0 Å². The highest BCUT2D eigenvalue weighted by Gasteiger charge is 2.16. The molecule has 0 unspecified atom stereocenters. The zero-order valence-corrected chi connectivity index (χ0v) is 22.1. The van der Waals surface area contributed by atoms with Crippen molar-refractivity contribution in [1.29, 1.82) is 0 Å². The van der Waals surface area contributed by atoms with Crippen molar-refractivity contribution in [3.05, 3.63) is 84.9 Å². The lowest BCUT2D eigenvalue weighted by atomic mass is 10.0. The van der Waals surface area contributed by atoms with Crippen LogP contribution in [0.4, 0.5) is 4.39 Å². The molecule has 7 nitrogen and oxygen atoms in total. The Morgan fingerprint density at radius 1 is 1.11 bits per heavy atom. The number of H-pyrrole nitrogens is 2. The van der Waals surface area contributed by atoms with E-state index >= 15 is 0 Å². The van der Waals surface area contributed by atoms with E-state index in [1.807, 2.05) is 37.5 Å². The molecule has 0 atom stereocenters. The number of halogens is 1. The van der Waals surface area contributed by atoms with E-state index in [0.717, 1.165) is 61.2 Å². The minimum Gasteiger partial charge on any atom is -0.352 e. The van der Waals surface area contributed by atoms with E-state index in [9.17, 15) is 4.39 Å². The molecule has 0 spiro atoms. The second-order valence-corrected chi connectivity index (χ2v) is 12.0. The Hall–Kier alpha value is -4.34. The van der Waals surface area contributed by atoms with Crippen molar-refractivity contribution in [3.63, 3.8) is 0 Å². The molecule has 0 aliphatic heterocycles. The SMILES string of the molecule is C=CN=C/C(=C\C)c1cc2c(-c3cc4c(-c5cc(F)cc(CNS(=C)(=C)C)c5)cncc4[nH]3)n[nH]c2cn1. The fourth-order valence-corrected chi connectivity index (χ4v) is 4.79. The molecule has 0 amide bonds. The van der Waals surface area contributed by atoms with Crippen molar-refractivity contribution < 1.29 is 4.39 Å². The van der Waals surface area contributed by atoms with Crippen molar-refractivity contribution in [2.24, 2.45) is 4.99 Å². The molecule has 5 rings (SSSR count). The Balaban J connectivity index is 1.59. The molecular weight excluding hydrogens is 497 g/mol. The molecule has 0 radical (unpaired) electrons. The van der Waals surface area contributed by atoms with Gasteiger partial charge >= 0.3 is 0 Å². The van der Waals surface area contributed by atoms with E-state index < -0.39 is 9.39 Å². The minimum atomic E-state index is -1.42. The summed E-state index contributed by atoms with van der Waals surface area (Å²) in [5.41, 5.74) is 7.23. The summed E-state index contributed by atoms with van der Waals surface area (Å²) < 4.78 is 17.9. The number of hydrogen-bond donors (Lipinski definition) is 3. The van der Waals surface area contributed by atoms with Crippen LogP contribution in [0.15, 0.2) is 72.8 Å². The number of pyridine rings is 2. The number of fused-ring (bicyclic) bond motifs is 2. The summed E-state index contributed by atoms with van der Waals surface area (Å²) >= 11 is 0. The average molecular weight is 526 g/mol. The van der Waals surface area contributed by atoms with Crippen LogP contribution in [0.25, 0.3) is 49.9 Å². The fourth-order valence-electron chi connectivity index (χ4n) is 4.28. The lowest BCUT2D eigenvalue weighted by Crippen LogP contribution is -2.08. The van der Waals surface area contributed by atoms with Gasteiger partial charge in [-0.05, 0) is 54.6 Å². The third-order valence-electron chi connectivity index (χ3n) is 6.07. The molecule has 9 heteroatoms. The van der Waals surface area contributed by atoms with E-state index in [1.54, 1.807) is 24.8 Å². The lowest BCUT2D eigenvalue weighted by molar-refractivity contribution is 0.625. The summed E-state index contributed by atoms with van der Waals surface area (Å²) in [5.74, 6) is 7.77. The zero-order valence-electron chi connectivity index (χ0n) is 21.3. The Morgan fingerprint density at radius 3 is 2.71 bits per heavy atom. The van der Waals surface area contributed by atoms with Gasteiger partial charge in [-0.15, -0.1) is 0 Å². The fraction of sp³-hybridized carbons (Fsp3) is 0.103. The minimum absolute atomic E-state index is 0.310. The van der Waals surface area contributed by atoms with Gasteiger partial charge in [0.25, 0.3) is 0 Å². The smallest absolute Gasteiger partial charge is 0.124 e. The van der Waals surface area contributed by atoms with Crippen LogP contribution >= 0.6 is 9.39 Å². The van der Waals surface area contributed by atoms with Crippen LogP contribution in [0.2, 0.25) is 0 Å². The molecule has 0 aliphatic rings. The van der Waals surface area contributed by atoms with Crippen molar-refractivity contribution in [2.75, 3.05) is 6.26 Å². The van der Waals surface area contributed by atoms with E-state index in [2.05, 4.69) is 53.2 Å². The lowest BCUT2D eigenvalue weighted by Gasteiger charge is -2.12. The number of hydrogen-bond acceptors (Lipinski definition) is 5. The molecular formula is C29H28FN7S. The maximum Gasteiger partial charge on any atom is 0.124 e.